The quantitative estimate of drug-likeness (QED) is 0.840. The summed E-state index contributed by atoms with van der Waals surface area (Å²) in [6, 6.07) is 6.14. The lowest BCUT2D eigenvalue weighted by Crippen LogP contribution is -2.30. The highest BCUT2D eigenvalue weighted by molar-refractivity contribution is 7.89. The number of nitrogens with zero attached hydrogens (tertiary/aromatic N) is 1. The van der Waals surface area contributed by atoms with Crippen molar-refractivity contribution in [2.75, 3.05) is 18.4 Å². The van der Waals surface area contributed by atoms with Gasteiger partial charge < -0.3 is 5.32 Å². The fourth-order valence-corrected chi connectivity index (χ4v) is 4.67. The molecule has 0 spiro atoms. The van der Waals surface area contributed by atoms with Crippen molar-refractivity contribution in [1.29, 1.82) is 0 Å². The lowest BCUT2D eigenvalue weighted by molar-refractivity contribution is 0.102. The van der Waals surface area contributed by atoms with Gasteiger partial charge in [-0.05, 0) is 29.6 Å². The average Bonchev–Trinajstić information content (AvgIpc) is 3.04. The minimum Gasteiger partial charge on any atom is -0.322 e. The highest BCUT2D eigenvalue weighted by Gasteiger charge is 2.25. The molecule has 124 valence electrons. The third kappa shape index (κ3) is 3.92. The Morgan fingerprint density at radius 1 is 1.26 bits per heavy atom. The molecule has 1 amide bonds. The van der Waals surface area contributed by atoms with Gasteiger partial charge in [-0.1, -0.05) is 25.4 Å². The van der Waals surface area contributed by atoms with E-state index < -0.39 is 10.0 Å². The lowest BCUT2D eigenvalue weighted by atomic mass is 10.3. The van der Waals surface area contributed by atoms with Crippen LogP contribution >= 0.6 is 22.9 Å². The first-order chi connectivity index (χ1) is 10.9. The van der Waals surface area contributed by atoms with Crippen molar-refractivity contribution in [2.24, 2.45) is 0 Å². The van der Waals surface area contributed by atoms with Crippen LogP contribution in [-0.4, -0.2) is 31.7 Å². The molecule has 1 aromatic carbocycles. The standard InChI is InChI=1S/C15H17ClN2O3S2/c1-3-18(4-2)23(20,21)14-9-12(5-6-13(14)16)17-15(19)11-7-8-22-10-11/h5-10H,3-4H2,1-2H3,(H,17,19). The van der Waals surface area contributed by atoms with E-state index in [1.165, 1.54) is 27.8 Å². The normalized spacial score (nSPS) is 11.7. The molecule has 0 aliphatic heterocycles. The molecule has 0 unspecified atom stereocenters. The zero-order valence-corrected chi connectivity index (χ0v) is 15.1. The second-order valence-corrected chi connectivity index (χ2v) is 7.79. The predicted molar refractivity (Wildman–Crippen MR) is 93.8 cm³/mol. The van der Waals surface area contributed by atoms with Crippen LogP contribution < -0.4 is 5.32 Å². The number of carbonyl (C=O) groups excluding carboxylic acids is 1. The van der Waals surface area contributed by atoms with E-state index >= 15 is 0 Å². The molecule has 0 saturated carbocycles. The second-order valence-electron chi connectivity index (χ2n) is 4.70. The molecule has 0 aliphatic carbocycles. The van der Waals surface area contributed by atoms with Crippen LogP contribution in [0.25, 0.3) is 0 Å². The van der Waals surface area contributed by atoms with Crippen LogP contribution in [0.2, 0.25) is 5.02 Å². The van der Waals surface area contributed by atoms with Gasteiger partial charge in [0.25, 0.3) is 5.91 Å². The first-order valence-corrected chi connectivity index (χ1v) is 9.79. The van der Waals surface area contributed by atoms with E-state index in [1.807, 2.05) is 0 Å². The van der Waals surface area contributed by atoms with Crippen LogP contribution in [0, 0.1) is 0 Å². The molecule has 2 rings (SSSR count). The third-order valence-electron chi connectivity index (χ3n) is 3.30. The molecule has 0 fully saturated rings. The smallest absolute Gasteiger partial charge is 0.256 e. The van der Waals surface area contributed by atoms with Crippen molar-refractivity contribution in [3.63, 3.8) is 0 Å². The summed E-state index contributed by atoms with van der Waals surface area (Å²) in [5.41, 5.74) is 0.912. The molecule has 5 nitrogen and oxygen atoms in total. The maximum Gasteiger partial charge on any atom is 0.256 e. The van der Waals surface area contributed by atoms with Gasteiger partial charge >= 0.3 is 0 Å². The summed E-state index contributed by atoms with van der Waals surface area (Å²) in [7, 11) is -3.69. The number of anilines is 1. The monoisotopic (exact) mass is 372 g/mol. The zero-order valence-electron chi connectivity index (χ0n) is 12.7. The summed E-state index contributed by atoms with van der Waals surface area (Å²) in [4.78, 5) is 12.1. The number of halogens is 1. The fraction of sp³-hybridized carbons (Fsp3) is 0.267. The number of carbonyl (C=O) groups is 1. The molecule has 0 saturated heterocycles. The van der Waals surface area contributed by atoms with Gasteiger partial charge in [-0.2, -0.15) is 15.6 Å². The number of sulfonamides is 1. The summed E-state index contributed by atoms with van der Waals surface area (Å²) >= 11 is 7.47. The predicted octanol–water partition coefficient (Wildman–Crippen LogP) is 3.68. The lowest BCUT2D eigenvalue weighted by Gasteiger charge is -2.19. The van der Waals surface area contributed by atoms with Crippen LogP contribution in [0.1, 0.15) is 24.2 Å². The van der Waals surface area contributed by atoms with Crippen molar-refractivity contribution < 1.29 is 13.2 Å². The van der Waals surface area contributed by atoms with Crippen molar-refractivity contribution >= 4 is 44.6 Å². The van der Waals surface area contributed by atoms with Crippen molar-refractivity contribution in [1.82, 2.24) is 4.31 Å². The Labute approximate surface area is 144 Å². The first-order valence-electron chi connectivity index (χ1n) is 7.03. The molecular weight excluding hydrogens is 356 g/mol. The number of benzene rings is 1. The molecule has 0 radical (unpaired) electrons. The van der Waals surface area contributed by atoms with Crippen molar-refractivity contribution in [3.8, 4) is 0 Å². The van der Waals surface area contributed by atoms with Crippen LogP contribution in [0.3, 0.4) is 0 Å². The highest BCUT2D eigenvalue weighted by atomic mass is 35.5. The fourth-order valence-electron chi connectivity index (χ4n) is 2.08. The van der Waals surface area contributed by atoms with Gasteiger partial charge in [0.15, 0.2) is 0 Å². The van der Waals surface area contributed by atoms with Crippen molar-refractivity contribution in [2.45, 2.75) is 18.7 Å². The van der Waals surface area contributed by atoms with Crippen LogP contribution in [0.5, 0.6) is 0 Å². The Kier molecular flexibility index (Phi) is 5.80. The molecule has 1 heterocycles. The van der Waals surface area contributed by atoms with Gasteiger partial charge in [-0.15, -0.1) is 0 Å². The Bertz CT molecular complexity index is 785. The summed E-state index contributed by atoms with van der Waals surface area (Å²) in [6.07, 6.45) is 0. The molecule has 0 atom stereocenters. The topological polar surface area (TPSA) is 66.5 Å². The number of amides is 1. The molecule has 0 aliphatic rings. The van der Waals surface area contributed by atoms with Crippen molar-refractivity contribution in [3.05, 3.63) is 45.6 Å². The largest absolute Gasteiger partial charge is 0.322 e. The van der Waals surface area contributed by atoms with Gasteiger partial charge in [0.1, 0.15) is 4.90 Å². The van der Waals surface area contributed by atoms with Crippen LogP contribution in [-0.2, 0) is 10.0 Å². The number of hydrogen-bond donors (Lipinski definition) is 1. The minimum atomic E-state index is -3.69. The summed E-state index contributed by atoms with van der Waals surface area (Å²) in [5.74, 6) is -0.292. The molecular formula is C15H17ClN2O3S2. The number of hydrogen-bond acceptors (Lipinski definition) is 4. The molecule has 8 heteroatoms. The highest BCUT2D eigenvalue weighted by Crippen LogP contribution is 2.28. The van der Waals surface area contributed by atoms with Gasteiger partial charge in [-0.25, -0.2) is 8.42 Å². The molecule has 2 aromatic rings. The Morgan fingerprint density at radius 3 is 2.52 bits per heavy atom. The van der Waals surface area contributed by atoms with Crippen LogP contribution in [0.4, 0.5) is 5.69 Å². The van der Waals surface area contributed by atoms with E-state index in [1.54, 1.807) is 36.7 Å². The van der Waals surface area contributed by atoms with E-state index in [-0.39, 0.29) is 15.8 Å². The number of nitrogens with one attached hydrogen (secondary N) is 1. The maximum absolute atomic E-state index is 12.6. The zero-order chi connectivity index (χ0) is 17.0. The van der Waals surface area contributed by atoms with E-state index in [4.69, 9.17) is 11.6 Å². The summed E-state index contributed by atoms with van der Waals surface area (Å²) < 4.78 is 26.5. The number of rotatable bonds is 6. The van der Waals surface area contributed by atoms with Gasteiger partial charge in [-0.3, -0.25) is 4.79 Å². The molecule has 23 heavy (non-hydrogen) atoms. The van der Waals surface area contributed by atoms with E-state index in [2.05, 4.69) is 5.32 Å². The van der Waals surface area contributed by atoms with Crippen LogP contribution in [0.15, 0.2) is 39.9 Å². The molecule has 0 bridgehead atoms. The minimum absolute atomic E-state index is 0.00835. The Balaban J connectivity index is 2.34. The van der Waals surface area contributed by atoms with Gasteiger partial charge in [0.2, 0.25) is 10.0 Å². The van der Waals surface area contributed by atoms with Gasteiger partial charge in [0.05, 0.1) is 10.6 Å². The maximum atomic E-state index is 12.6. The van der Waals surface area contributed by atoms with E-state index in [9.17, 15) is 13.2 Å². The molecule has 1 N–H and O–H groups in total. The average molecular weight is 373 g/mol. The SMILES string of the molecule is CCN(CC)S(=O)(=O)c1cc(NC(=O)c2ccsc2)ccc1Cl. The summed E-state index contributed by atoms with van der Waals surface area (Å²) in [5, 5.41) is 6.33. The Morgan fingerprint density at radius 2 is 1.96 bits per heavy atom. The third-order valence-corrected chi connectivity index (χ3v) is 6.51. The van der Waals surface area contributed by atoms with Gasteiger partial charge in [0, 0.05) is 24.2 Å². The first kappa shape index (κ1) is 17.9. The molecule has 1 aromatic heterocycles. The Hall–Kier alpha value is -1.41. The summed E-state index contributed by atoms with van der Waals surface area (Å²) in [6.45, 7) is 4.22. The van der Waals surface area contributed by atoms with E-state index in [0.717, 1.165) is 0 Å². The van der Waals surface area contributed by atoms with E-state index in [0.29, 0.717) is 24.3 Å². The number of thiophene rings is 1. The second kappa shape index (κ2) is 7.44.